The second kappa shape index (κ2) is 5.54. The van der Waals surface area contributed by atoms with Gasteiger partial charge in [0.05, 0.1) is 0 Å². The molecule has 1 nitrogen and oxygen atoms in total. The third-order valence-electron chi connectivity index (χ3n) is 2.64. The monoisotopic (exact) mass is 320 g/mol. The molecule has 0 spiro atoms. The van der Waals surface area contributed by atoms with Crippen molar-refractivity contribution in [1.29, 1.82) is 0 Å². The van der Waals surface area contributed by atoms with Gasteiger partial charge in [0, 0.05) is 15.6 Å². The molecule has 2 rings (SSSR count). The van der Waals surface area contributed by atoms with E-state index in [2.05, 4.69) is 4.74 Å². The van der Waals surface area contributed by atoms with Crippen molar-refractivity contribution in [3.63, 3.8) is 0 Å². The largest absolute Gasteiger partial charge is 0.573 e. The van der Waals surface area contributed by atoms with E-state index in [0.29, 0.717) is 26.7 Å². The Labute approximate surface area is 123 Å². The minimum atomic E-state index is -4.70. The Morgan fingerprint density at radius 3 is 2.25 bits per heavy atom. The summed E-state index contributed by atoms with van der Waals surface area (Å²) in [5.74, 6) is -0.230. The van der Waals surface area contributed by atoms with Gasteiger partial charge in [-0.3, -0.25) is 0 Å². The summed E-state index contributed by atoms with van der Waals surface area (Å²) >= 11 is 11.9. The van der Waals surface area contributed by atoms with Gasteiger partial charge in [-0.25, -0.2) is 0 Å². The third kappa shape index (κ3) is 3.58. The second-order valence-electron chi connectivity index (χ2n) is 4.15. The Bertz CT molecular complexity index is 639. The van der Waals surface area contributed by atoms with E-state index in [4.69, 9.17) is 23.2 Å². The van der Waals surface area contributed by atoms with Crippen LogP contribution in [0, 0.1) is 6.92 Å². The Kier molecular flexibility index (Phi) is 4.16. The van der Waals surface area contributed by atoms with E-state index < -0.39 is 6.36 Å². The van der Waals surface area contributed by atoms with Crippen molar-refractivity contribution in [3.8, 4) is 16.9 Å². The molecular formula is C14H9Cl2F3O. The molecule has 0 bridgehead atoms. The molecule has 0 aliphatic heterocycles. The Hall–Kier alpha value is -1.39. The minimum absolute atomic E-state index is 0.230. The maximum atomic E-state index is 12.2. The molecule has 0 saturated carbocycles. The first-order valence-electron chi connectivity index (χ1n) is 5.58. The quantitative estimate of drug-likeness (QED) is 0.672. The zero-order valence-corrected chi connectivity index (χ0v) is 11.8. The average molecular weight is 321 g/mol. The fourth-order valence-electron chi connectivity index (χ4n) is 1.78. The number of halogens is 5. The summed E-state index contributed by atoms with van der Waals surface area (Å²) in [7, 11) is 0. The molecule has 0 aromatic heterocycles. The highest BCUT2D eigenvalue weighted by Gasteiger charge is 2.31. The predicted octanol–water partition coefficient (Wildman–Crippen LogP) is 5.87. The molecule has 0 saturated heterocycles. The van der Waals surface area contributed by atoms with Crippen molar-refractivity contribution in [2.24, 2.45) is 0 Å². The molecule has 6 heteroatoms. The van der Waals surface area contributed by atoms with E-state index in [9.17, 15) is 13.2 Å². The average Bonchev–Trinajstić information content (AvgIpc) is 2.30. The van der Waals surface area contributed by atoms with Crippen LogP contribution >= 0.6 is 23.2 Å². The molecular weight excluding hydrogens is 312 g/mol. The normalized spacial score (nSPS) is 11.5. The van der Waals surface area contributed by atoms with Gasteiger partial charge in [-0.05, 0) is 42.3 Å². The van der Waals surface area contributed by atoms with Crippen molar-refractivity contribution >= 4 is 23.2 Å². The Balaban J connectivity index is 2.38. The van der Waals surface area contributed by atoms with Gasteiger partial charge < -0.3 is 4.74 Å². The van der Waals surface area contributed by atoms with Crippen molar-refractivity contribution in [2.45, 2.75) is 13.3 Å². The molecule has 0 unspecified atom stereocenters. The van der Waals surface area contributed by atoms with Crippen LogP contribution in [-0.4, -0.2) is 6.36 Å². The summed E-state index contributed by atoms with van der Waals surface area (Å²) in [5.41, 5.74) is 1.75. The first-order chi connectivity index (χ1) is 9.26. The van der Waals surface area contributed by atoms with E-state index in [1.54, 1.807) is 24.3 Å². The molecule has 0 heterocycles. The van der Waals surface area contributed by atoms with Crippen LogP contribution in [0.2, 0.25) is 10.0 Å². The van der Waals surface area contributed by atoms with Crippen LogP contribution in [0.15, 0.2) is 36.4 Å². The first kappa shape index (κ1) is 15.0. The lowest BCUT2D eigenvalue weighted by Gasteiger charge is -2.13. The van der Waals surface area contributed by atoms with Crippen molar-refractivity contribution in [2.75, 3.05) is 0 Å². The van der Waals surface area contributed by atoms with Gasteiger partial charge in [-0.2, -0.15) is 0 Å². The molecule has 106 valence electrons. The zero-order valence-electron chi connectivity index (χ0n) is 10.3. The molecule has 20 heavy (non-hydrogen) atoms. The smallest absolute Gasteiger partial charge is 0.406 e. The van der Waals surface area contributed by atoms with Crippen LogP contribution < -0.4 is 4.74 Å². The van der Waals surface area contributed by atoms with E-state index in [0.717, 1.165) is 0 Å². The fourth-order valence-corrected chi connectivity index (χ4v) is 2.30. The van der Waals surface area contributed by atoms with Gasteiger partial charge in [-0.15, -0.1) is 13.2 Å². The molecule has 2 aromatic carbocycles. The lowest BCUT2D eigenvalue weighted by atomic mass is 10.0. The number of hydrogen-bond acceptors (Lipinski definition) is 1. The molecule has 0 aliphatic carbocycles. The number of alkyl halides is 3. The van der Waals surface area contributed by atoms with Crippen LogP contribution in [0.25, 0.3) is 11.1 Å². The molecule has 0 aliphatic rings. The molecule has 0 atom stereocenters. The molecule has 0 amide bonds. The SMILES string of the molecule is Cc1cc(-c2ccc(Cl)cc2Cl)ccc1OC(F)(F)F. The first-order valence-corrected chi connectivity index (χ1v) is 6.34. The van der Waals surface area contributed by atoms with Gasteiger partial charge in [0.15, 0.2) is 0 Å². The number of hydrogen-bond donors (Lipinski definition) is 0. The number of ether oxygens (including phenoxy) is 1. The minimum Gasteiger partial charge on any atom is -0.406 e. The van der Waals surface area contributed by atoms with Crippen molar-refractivity contribution < 1.29 is 17.9 Å². The molecule has 2 aromatic rings. The summed E-state index contributed by atoms with van der Waals surface area (Å²) in [6, 6.07) is 9.32. The van der Waals surface area contributed by atoms with Crippen LogP contribution in [-0.2, 0) is 0 Å². The second-order valence-corrected chi connectivity index (χ2v) is 5.00. The van der Waals surface area contributed by atoms with E-state index in [1.165, 1.54) is 19.1 Å². The molecule has 0 radical (unpaired) electrons. The molecule has 0 N–H and O–H groups in total. The van der Waals surface area contributed by atoms with Gasteiger partial charge in [0.25, 0.3) is 0 Å². The number of rotatable bonds is 2. The van der Waals surface area contributed by atoms with Crippen LogP contribution in [0.3, 0.4) is 0 Å². The summed E-state index contributed by atoms with van der Waals surface area (Å²) in [6.45, 7) is 1.54. The highest BCUT2D eigenvalue weighted by atomic mass is 35.5. The van der Waals surface area contributed by atoms with E-state index in [-0.39, 0.29) is 5.75 Å². The van der Waals surface area contributed by atoms with E-state index >= 15 is 0 Å². The van der Waals surface area contributed by atoms with Crippen LogP contribution in [0.4, 0.5) is 13.2 Å². The Morgan fingerprint density at radius 1 is 1.00 bits per heavy atom. The van der Waals surface area contributed by atoms with Crippen molar-refractivity contribution in [3.05, 3.63) is 52.0 Å². The lowest BCUT2D eigenvalue weighted by molar-refractivity contribution is -0.274. The highest BCUT2D eigenvalue weighted by Crippen LogP contribution is 2.34. The number of benzene rings is 2. The number of aryl methyl sites for hydroxylation is 1. The van der Waals surface area contributed by atoms with Gasteiger partial charge in [-0.1, -0.05) is 35.3 Å². The molecule has 0 fully saturated rings. The zero-order chi connectivity index (χ0) is 14.9. The third-order valence-corrected chi connectivity index (χ3v) is 3.19. The lowest BCUT2D eigenvalue weighted by Crippen LogP contribution is -2.17. The van der Waals surface area contributed by atoms with Crippen LogP contribution in [0.5, 0.6) is 5.75 Å². The fraction of sp³-hybridized carbons (Fsp3) is 0.143. The maximum Gasteiger partial charge on any atom is 0.573 e. The standard InChI is InChI=1S/C14H9Cl2F3O/c1-8-6-9(2-5-13(8)20-14(17,18)19)11-4-3-10(15)7-12(11)16/h2-7H,1H3. The van der Waals surface area contributed by atoms with Gasteiger partial charge in [0.2, 0.25) is 0 Å². The highest BCUT2D eigenvalue weighted by molar-refractivity contribution is 6.36. The topological polar surface area (TPSA) is 9.23 Å². The van der Waals surface area contributed by atoms with Gasteiger partial charge in [0.1, 0.15) is 5.75 Å². The van der Waals surface area contributed by atoms with E-state index in [1.807, 2.05) is 0 Å². The summed E-state index contributed by atoms with van der Waals surface area (Å²) < 4.78 is 40.5. The maximum absolute atomic E-state index is 12.2. The van der Waals surface area contributed by atoms with Crippen molar-refractivity contribution in [1.82, 2.24) is 0 Å². The summed E-state index contributed by atoms with van der Waals surface area (Å²) in [5, 5.41) is 0.925. The summed E-state index contributed by atoms with van der Waals surface area (Å²) in [6.07, 6.45) is -4.70. The van der Waals surface area contributed by atoms with Gasteiger partial charge >= 0.3 is 6.36 Å². The Morgan fingerprint density at radius 2 is 1.70 bits per heavy atom. The predicted molar refractivity (Wildman–Crippen MR) is 73.3 cm³/mol. The van der Waals surface area contributed by atoms with Crippen LogP contribution in [0.1, 0.15) is 5.56 Å². The summed E-state index contributed by atoms with van der Waals surface area (Å²) in [4.78, 5) is 0.